The highest BCUT2D eigenvalue weighted by Crippen LogP contribution is 2.27. The Morgan fingerprint density at radius 3 is 2.35 bits per heavy atom. The van der Waals surface area contributed by atoms with Gasteiger partial charge in [0.1, 0.15) is 6.04 Å². The van der Waals surface area contributed by atoms with Crippen LogP contribution in [0.2, 0.25) is 0 Å². The molecule has 4 heteroatoms. The van der Waals surface area contributed by atoms with Gasteiger partial charge in [-0.25, -0.2) is 0 Å². The Morgan fingerprint density at radius 1 is 1.09 bits per heavy atom. The lowest BCUT2D eigenvalue weighted by Gasteiger charge is -2.14. The van der Waals surface area contributed by atoms with Gasteiger partial charge in [0.2, 0.25) is 0 Å². The van der Waals surface area contributed by atoms with Crippen molar-refractivity contribution in [3.05, 3.63) is 60.2 Å². The molecule has 0 bridgehead atoms. The first-order chi connectivity index (χ1) is 11.2. The summed E-state index contributed by atoms with van der Waals surface area (Å²) in [7, 11) is 0. The lowest BCUT2D eigenvalue weighted by atomic mass is 10.1. The number of aliphatic carboxylic acids is 1. The summed E-state index contributed by atoms with van der Waals surface area (Å²) in [5.41, 5.74) is 1.10. The number of rotatable bonds is 9. The Labute approximate surface area is 142 Å². The van der Waals surface area contributed by atoms with E-state index in [1.807, 2.05) is 18.2 Å². The molecule has 0 heterocycles. The third-order valence-corrected chi connectivity index (χ3v) is 4.62. The second-order valence-electron chi connectivity index (χ2n) is 5.47. The number of carboxylic acids is 1. The molecule has 0 saturated carbocycles. The smallest absolute Gasteiger partial charge is 0.320 e. The van der Waals surface area contributed by atoms with E-state index < -0.39 is 12.0 Å². The number of carboxylic acid groups (broad SMARTS) is 1. The molecule has 0 fully saturated rings. The largest absolute Gasteiger partial charge is 0.480 e. The first-order valence-electron chi connectivity index (χ1n) is 7.97. The van der Waals surface area contributed by atoms with Crippen molar-refractivity contribution in [3.8, 4) is 0 Å². The molecule has 1 unspecified atom stereocenters. The van der Waals surface area contributed by atoms with Gasteiger partial charge in [0.05, 0.1) is 0 Å². The van der Waals surface area contributed by atoms with Gasteiger partial charge in [-0.3, -0.25) is 4.79 Å². The second-order valence-corrected chi connectivity index (χ2v) is 6.62. The fourth-order valence-electron chi connectivity index (χ4n) is 2.26. The highest BCUT2D eigenvalue weighted by molar-refractivity contribution is 7.99. The molecule has 3 nitrogen and oxygen atoms in total. The van der Waals surface area contributed by atoms with E-state index in [-0.39, 0.29) is 0 Å². The summed E-state index contributed by atoms with van der Waals surface area (Å²) in [5.74, 6) is -0.769. The second kappa shape index (κ2) is 9.38. The molecule has 0 aliphatic heterocycles. The lowest BCUT2D eigenvalue weighted by molar-refractivity contribution is -0.139. The summed E-state index contributed by atoms with van der Waals surface area (Å²) in [4.78, 5) is 13.6. The first kappa shape index (κ1) is 17.6. The Bertz CT molecular complexity index is 599. The van der Waals surface area contributed by atoms with E-state index in [0.717, 1.165) is 18.4 Å². The maximum Gasteiger partial charge on any atom is 0.320 e. The van der Waals surface area contributed by atoms with Crippen LogP contribution in [0, 0.1) is 0 Å². The highest BCUT2D eigenvalue weighted by atomic mass is 32.2. The average molecular weight is 329 g/mol. The van der Waals surface area contributed by atoms with Crippen LogP contribution in [0.15, 0.2) is 64.4 Å². The van der Waals surface area contributed by atoms with Crippen molar-refractivity contribution in [2.75, 3.05) is 0 Å². The van der Waals surface area contributed by atoms with Crippen LogP contribution in [0.25, 0.3) is 0 Å². The van der Waals surface area contributed by atoms with Crippen molar-refractivity contribution in [1.82, 2.24) is 5.32 Å². The Hall–Kier alpha value is -1.78. The SMILES string of the molecule is CCCCC(NCc1ccc(Sc2ccccc2)cc1)C(=O)O. The van der Waals surface area contributed by atoms with Crippen LogP contribution in [-0.4, -0.2) is 17.1 Å². The van der Waals surface area contributed by atoms with Gasteiger partial charge in [-0.05, 0) is 36.2 Å². The van der Waals surface area contributed by atoms with Gasteiger partial charge in [0.25, 0.3) is 0 Å². The van der Waals surface area contributed by atoms with E-state index in [1.54, 1.807) is 11.8 Å². The standard InChI is InChI=1S/C19H23NO2S/c1-2-3-9-18(19(21)22)20-14-15-10-12-17(13-11-15)23-16-7-5-4-6-8-16/h4-8,10-13,18,20H,2-3,9,14H2,1H3,(H,21,22). The zero-order valence-electron chi connectivity index (χ0n) is 13.4. The van der Waals surface area contributed by atoms with Gasteiger partial charge in [0, 0.05) is 16.3 Å². The number of carbonyl (C=O) groups is 1. The monoisotopic (exact) mass is 329 g/mol. The topological polar surface area (TPSA) is 49.3 Å². The summed E-state index contributed by atoms with van der Waals surface area (Å²) in [6.45, 7) is 2.65. The number of hydrogen-bond donors (Lipinski definition) is 2. The minimum Gasteiger partial charge on any atom is -0.480 e. The van der Waals surface area contributed by atoms with Crippen LogP contribution in [0.4, 0.5) is 0 Å². The van der Waals surface area contributed by atoms with Gasteiger partial charge >= 0.3 is 5.97 Å². The molecule has 0 amide bonds. The molecule has 2 rings (SSSR count). The number of hydrogen-bond acceptors (Lipinski definition) is 3. The lowest BCUT2D eigenvalue weighted by Crippen LogP contribution is -2.36. The van der Waals surface area contributed by atoms with E-state index in [4.69, 9.17) is 0 Å². The van der Waals surface area contributed by atoms with Crippen LogP contribution in [0.3, 0.4) is 0 Å². The zero-order chi connectivity index (χ0) is 16.5. The Morgan fingerprint density at radius 2 is 1.74 bits per heavy atom. The van der Waals surface area contributed by atoms with Crippen molar-refractivity contribution >= 4 is 17.7 Å². The fraction of sp³-hybridized carbons (Fsp3) is 0.316. The molecule has 23 heavy (non-hydrogen) atoms. The summed E-state index contributed by atoms with van der Waals surface area (Å²) in [6.07, 6.45) is 2.61. The molecular weight excluding hydrogens is 306 g/mol. The van der Waals surface area contributed by atoms with Gasteiger partial charge in [0.15, 0.2) is 0 Å². The fourth-order valence-corrected chi connectivity index (χ4v) is 3.10. The highest BCUT2D eigenvalue weighted by Gasteiger charge is 2.15. The van der Waals surface area contributed by atoms with Crippen LogP contribution < -0.4 is 5.32 Å². The van der Waals surface area contributed by atoms with Crippen molar-refractivity contribution in [2.45, 2.75) is 48.6 Å². The van der Waals surface area contributed by atoms with E-state index in [2.05, 4.69) is 48.6 Å². The van der Waals surface area contributed by atoms with Gasteiger partial charge < -0.3 is 10.4 Å². The van der Waals surface area contributed by atoms with Crippen LogP contribution >= 0.6 is 11.8 Å². The van der Waals surface area contributed by atoms with Crippen molar-refractivity contribution in [3.63, 3.8) is 0 Å². The predicted molar refractivity (Wildman–Crippen MR) is 94.8 cm³/mol. The molecule has 0 spiro atoms. The van der Waals surface area contributed by atoms with Crippen LogP contribution in [0.1, 0.15) is 31.7 Å². The minimum absolute atomic E-state index is 0.465. The average Bonchev–Trinajstić information content (AvgIpc) is 2.57. The summed E-state index contributed by atoms with van der Waals surface area (Å²) in [6, 6.07) is 18.0. The summed E-state index contributed by atoms with van der Waals surface area (Å²) in [5, 5.41) is 12.4. The van der Waals surface area contributed by atoms with E-state index >= 15 is 0 Å². The van der Waals surface area contributed by atoms with E-state index in [9.17, 15) is 9.90 Å². The van der Waals surface area contributed by atoms with E-state index in [1.165, 1.54) is 9.79 Å². The quantitative estimate of drug-likeness (QED) is 0.707. The molecule has 0 aliphatic rings. The molecule has 2 aromatic rings. The predicted octanol–water partition coefficient (Wildman–Crippen LogP) is 4.57. The molecule has 0 saturated heterocycles. The number of nitrogens with one attached hydrogen (secondary N) is 1. The van der Waals surface area contributed by atoms with Gasteiger partial charge in [-0.2, -0.15) is 0 Å². The van der Waals surface area contributed by atoms with Crippen LogP contribution in [0.5, 0.6) is 0 Å². The van der Waals surface area contributed by atoms with Crippen molar-refractivity contribution < 1.29 is 9.90 Å². The molecule has 2 N–H and O–H groups in total. The Kier molecular flexibility index (Phi) is 7.17. The summed E-state index contributed by atoms with van der Waals surface area (Å²) < 4.78 is 0. The number of unbranched alkanes of at least 4 members (excludes halogenated alkanes) is 1. The van der Waals surface area contributed by atoms with Gasteiger partial charge in [-0.15, -0.1) is 0 Å². The maximum absolute atomic E-state index is 11.2. The molecule has 2 aromatic carbocycles. The maximum atomic E-state index is 11.2. The molecule has 1 atom stereocenters. The number of benzene rings is 2. The minimum atomic E-state index is -0.769. The Balaban J connectivity index is 1.88. The van der Waals surface area contributed by atoms with E-state index in [0.29, 0.717) is 13.0 Å². The third kappa shape index (κ3) is 6.08. The summed E-state index contributed by atoms with van der Waals surface area (Å²) >= 11 is 1.72. The van der Waals surface area contributed by atoms with Gasteiger partial charge in [-0.1, -0.05) is 61.9 Å². The molecule has 0 aromatic heterocycles. The normalized spacial score (nSPS) is 12.0. The third-order valence-electron chi connectivity index (χ3n) is 3.60. The van der Waals surface area contributed by atoms with Crippen molar-refractivity contribution in [1.29, 1.82) is 0 Å². The first-order valence-corrected chi connectivity index (χ1v) is 8.78. The molecule has 0 radical (unpaired) electrons. The zero-order valence-corrected chi connectivity index (χ0v) is 14.2. The molecular formula is C19H23NO2S. The van der Waals surface area contributed by atoms with Crippen molar-refractivity contribution in [2.24, 2.45) is 0 Å². The van der Waals surface area contributed by atoms with Crippen LogP contribution in [-0.2, 0) is 11.3 Å². The molecule has 122 valence electrons. The molecule has 0 aliphatic carbocycles.